The quantitative estimate of drug-likeness (QED) is 0.341. The number of carbonyl (C=O) groups excluding carboxylic acids is 1. The molecule has 0 fully saturated rings. The smallest absolute Gasteiger partial charge is 0.343 e. The molecule has 8 heavy (non-hydrogen) atoms. The van der Waals surface area contributed by atoms with Gasteiger partial charge in [-0.1, -0.05) is 6.08 Å². The van der Waals surface area contributed by atoms with E-state index in [0.717, 1.165) is 0 Å². The van der Waals surface area contributed by atoms with Crippen LogP contribution in [0.3, 0.4) is 0 Å². The van der Waals surface area contributed by atoms with Crippen LogP contribution >= 0.6 is 12.2 Å². The summed E-state index contributed by atoms with van der Waals surface area (Å²) in [7, 11) is 0. The van der Waals surface area contributed by atoms with E-state index in [1.54, 1.807) is 13.0 Å². The fourth-order valence-electron chi connectivity index (χ4n) is 0.211. The number of allylic oxidation sites excluding steroid dienone is 1. The van der Waals surface area contributed by atoms with Crippen LogP contribution in [0.25, 0.3) is 0 Å². The van der Waals surface area contributed by atoms with Gasteiger partial charge in [0, 0.05) is 6.08 Å². The summed E-state index contributed by atoms with van der Waals surface area (Å²) in [5.74, 6) is -0.431. The van der Waals surface area contributed by atoms with Crippen LogP contribution in [0.2, 0.25) is 0 Å². The Labute approximate surface area is 52.2 Å². The van der Waals surface area contributed by atoms with E-state index in [4.69, 9.17) is 5.14 Å². The predicted octanol–water partition coefficient (Wildman–Crippen LogP) is 0.628. The topological polar surface area (TPSA) is 52.3 Å². The molecule has 0 atom stereocenters. The van der Waals surface area contributed by atoms with Crippen molar-refractivity contribution < 1.29 is 8.98 Å². The molecule has 0 unspecified atom stereocenters. The molecule has 0 bridgehead atoms. The van der Waals surface area contributed by atoms with Crippen LogP contribution in [0.5, 0.6) is 0 Å². The number of rotatable bonds is 2. The second kappa shape index (κ2) is 4.67. The number of hydrogen-bond donors (Lipinski definition) is 1. The Hall–Kier alpha value is -0.480. The van der Waals surface area contributed by atoms with E-state index in [1.165, 1.54) is 6.08 Å². The monoisotopic (exact) mass is 133 g/mol. The number of nitrogens with two attached hydrogens (primary N) is 1. The first-order valence-electron chi connectivity index (χ1n) is 2.01. The molecular weight excluding hydrogens is 126 g/mol. The lowest BCUT2D eigenvalue weighted by Gasteiger charge is -1.88. The third-order valence-corrected chi connectivity index (χ3v) is 0.693. The molecule has 0 aliphatic carbocycles. The maximum Gasteiger partial charge on any atom is 0.343 e. The summed E-state index contributed by atoms with van der Waals surface area (Å²) in [6, 6.07) is 0. The fraction of sp³-hybridized carbons (Fsp3) is 0.250. The van der Waals surface area contributed by atoms with Crippen molar-refractivity contribution in [2.45, 2.75) is 6.92 Å². The van der Waals surface area contributed by atoms with Crippen molar-refractivity contribution in [1.29, 1.82) is 0 Å². The molecule has 2 N–H and O–H groups in total. The van der Waals surface area contributed by atoms with Crippen LogP contribution in [-0.2, 0) is 8.98 Å². The minimum absolute atomic E-state index is 0.431. The first kappa shape index (κ1) is 7.52. The van der Waals surface area contributed by atoms with Gasteiger partial charge >= 0.3 is 5.97 Å². The van der Waals surface area contributed by atoms with E-state index in [9.17, 15) is 4.79 Å². The summed E-state index contributed by atoms with van der Waals surface area (Å²) in [4.78, 5) is 10.2. The van der Waals surface area contributed by atoms with Gasteiger partial charge in [0.1, 0.15) is 12.2 Å². The Kier molecular flexibility index (Phi) is 4.39. The average Bonchev–Trinajstić information content (AvgIpc) is 1.68. The second-order valence-corrected chi connectivity index (χ2v) is 1.36. The van der Waals surface area contributed by atoms with E-state index in [-0.39, 0.29) is 0 Å². The van der Waals surface area contributed by atoms with Crippen LogP contribution in [0.4, 0.5) is 0 Å². The molecule has 46 valence electrons. The molecule has 3 nitrogen and oxygen atoms in total. The lowest BCUT2D eigenvalue weighted by Crippen LogP contribution is -1.94. The molecule has 0 radical (unpaired) electrons. The minimum atomic E-state index is -0.431. The van der Waals surface area contributed by atoms with E-state index in [0.29, 0.717) is 12.2 Å². The highest BCUT2D eigenvalue weighted by molar-refractivity contribution is 7.92. The molecule has 0 rings (SSSR count). The lowest BCUT2D eigenvalue weighted by molar-refractivity contribution is -0.127. The molecule has 0 saturated heterocycles. The second-order valence-electron chi connectivity index (χ2n) is 0.999. The molecule has 0 saturated carbocycles. The Bertz CT molecular complexity index is 102. The third kappa shape index (κ3) is 3.70. The first-order chi connectivity index (χ1) is 3.81. The summed E-state index contributed by atoms with van der Waals surface area (Å²) in [6.07, 6.45) is 2.87. The predicted molar refractivity (Wildman–Crippen MR) is 32.7 cm³/mol. The maximum absolute atomic E-state index is 10.2. The van der Waals surface area contributed by atoms with Crippen molar-refractivity contribution in [2.24, 2.45) is 5.14 Å². The summed E-state index contributed by atoms with van der Waals surface area (Å²) < 4.78 is 4.25. The Morgan fingerprint density at radius 1 is 1.88 bits per heavy atom. The Morgan fingerprint density at radius 3 is 2.88 bits per heavy atom. The van der Waals surface area contributed by atoms with Crippen LogP contribution in [0.15, 0.2) is 12.2 Å². The van der Waals surface area contributed by atoms with E-state index < -0.39 is 5.97 Å². The zero-order valence-corrected chi connectivity index (χ0v) is 5.27. The Balaban J connectivity index is 3.33. The van der Waals surface area contributed by atoms with Gasteiger partial charge in [-0.15, -0.1) is 0 Å². The highest BCUT2D eigenvalue weighted by Crippen LogP contribution is 1.90. The summed E-state index contributed by atoms with van der Waals surface area (Å²) in [6.45, 7) is 1.72. The van der Waals surface area contributed by atoms with Crippen molar-refractivity contribution in [2.75, 3.05) is 0 Å². The summed E-state index contributed by atoms with van der Waals surface area (Å²) >= 11 is 0.549. The van der Waals surface area contributed by atoms with Crippen LogP contribution in [0.1, 0.15) is 6.92 Å². The van der Waals surface area contributed by atoms with Crippen molar-refractivity contribution in [3.63, 3.8) is 0 Å². The number of carbonyl (C=O) groups is 1. The molecular formula is C4H7NO2S. The molecule has 0 amide bonds. The molecule has 0 aromatic rings. The van der Waals surface area contributed by atoms with E-state index in [2.05, 4.69) is 4.18 Å². The zero-order valence-electron chi connectivity index (χ0n) is 4.46. The third-order valence-electron chi connectivity index (χ3n) is 0.433. The molecule has 0 aromatic carbocycles. The van der Waals surface area contributed by atoms with Crippen molar-refractivity contribution in [1.82, 2.24) is 0 Å². The molecule has 0 heterocycles. The van der Waals surface area contributed by atoms with Gasteiger partial charge in [0.25, 0.3) is 0 Å². The first-order valence-corrected chi connectivity index (χ1v) is 2.81. The molecule has 0 aliphatic rings. The Morgan fingerprint density at radius 2 is 2.50 bits per heavy atom. The zero-order chi connectivity index (χ0) is 6.41. The molecule has 0 aliphatic heterocycles. The van der Waals surface area contributed by atoms with Crippen LogP contribution in [-0.4, -0.2) is 5.97 Å². The van der Waals surface area contributed by atoms with Crippen molar-refractivity contribution in [3.8, 4) is 0 Å². The van der Waals surface area contributed by atoms with E-state index in [1.807, 2.05) is 0 Å². The minimum Gasteiger partial charge on any atom is -0.372 e. The van der Waals surface area contributed by atoms with Gasteiger partial charge in [-0.3, -0.25) is 0 Å². The van der Waals surface area contributed by atoms with Crippen molar-refractivity contribution >= 4 is 18.2 Å². The van der Waals surface area contributed by atoms with Crippen LogP contribution in [0, 0.1) is 0 Å². The van der Waals surface area contributed by atoms with Gasteiger partial charge in [-0.25, -0.2) is 9.93 Å². The van der Waals surface area contributed by atoms with Gasteiger partial charge in [-0.2, -0.15) is 0 Å². The van der Waals surface area contributed by atoms with Gasteiger partial charge in [0.2, 0.25) is 0 Å². The molecule has 0 aromatic heterocycles. The normalized spacial score (nSPS) is 9.75. The molecule has 4 heteroatoms. The fourth-order valence-corrected chi connectivity index (χ4v) is 0.362. The highest BCUT2D eigenvalue weighted by atomic mass is 32.2. The van der Waals surface area contributed by atoms with Gasteiger partial charge in [-0.05, 0) is 6.92 Å². The SMILES string of the molecule is C/C=C/C(=O)OSN. The van der Waals surface area contributed by atoms with Gasteiger partial charge < -0.3 is 4.18 Å². The number of hydrogen-bond acceptors (Lipinski definition) is 4. The lowest BCUT2D eigenvalue weighted by atomic mass is 10.5. The summed E-state index contributed by atoms with van der Waals surface area (Å²) in [5, 5.41) is 4.80. The largest absolute Gasteiger partial charge is 0.372 e. The van der Waals surface area contributed by atoms with Gasteiger partial charge in [0.05, 0.1) is 0 Å². The highest BCUT2D eigenvalue weighted by Gasteiger charge is 1.90. The molecule has 0 spiro atoms. The van der Waals surface area contributed by atoms with Crippen molar-refractivity contribution in [3.05, 3.63) is 12.2 Å². The summed E-state index contributed by atoms with van der Waals surface area (Å²) in [5.41, 5.74) is 0. The van der Waals surface area contributed by atoms with Crippen LogP contribution < -0.4 is 5.14 Å². The standard InChI is InChI=1S/C4H7NO2S/c1-2-3-4(6)7-8-5/h2-3H,5H2,1H3/b3-2+. The maximum atomic E-state index is 10.2. The van der Waals surface area contributed by atoms with E-state index >= 15 is 0 Å². The average molecular weight is 133 g/mol. The van der Waals surface area contributed by atoms with Gasteiger partial charge in [0.15, 0.2) is 0 Å².